The van der Waals surface area contributed by atoms with E-state index in [1.165, 1.54) is 12.0 Å². The van der Waals surface area contributed by atoms with Crippen LogP contribution < -0.4 is 0 Å². The fourth-order valence-corrected chi connectivity index (χ4v) is 7.85. The molecule has 5 atom stereocenters. The van der Waals surface area contributed by atoms with Crippen molar-refractivity contribution in [3.8, 4) is 0 Å². The molecule has 3 nitrogen and oxygen atoms in total. The summed E-state index contributed by atoms with van der Waals surface area (Å²) in [5, 5.41) is 0. The van der Waals surface area contributed by atoms with Crippen molar-refractivity contribution < 1.29 is 14.3 Å². The second kappa shape index (κ2) is 7.50. The first-order chi connectivity index (χ1) is 14.8. The molecule has 0 N–H and O–H groups in total. The van der Waals surface area contributed by atoms with Crippen molar-refractivity contribution >= 4 is 5.78 Å². The van der Waals surface area contributed by atoms with E-state index in [1.54, 1.807) is 7.11 Å². The summed E-state index contributed by atoms with van der Waals surface area (Å²) in [7, 11) is 1.68. The number of ether oxygens (including phenoxy) is 2. The van der Waals surface area contributed by atoms with Gasteiger partial charge in [0.1, 0.15) is 17.1 Å². The second-order valence-corrected chi connectivity index (χ2v) is 12.8. The van der Waals surface area contributed by atoms with Gasteiger partial charge in [0.25, 0.3) is 0 Å². The zero-order valence-corrected chi connectivity index (χ0v) is 21.9. The van der Waals surface area contributed by atoms with E-state index >= 15 is 0 Å². The van der Waals surface area contributed by atoms with Gasteiger partial charge in [-0.05, 0) is 83.0 Å². The maximum atomic E-state index is 13.7. The van der Waals surface area contributed by atoms with E-state index in [0.29, 0.717) is 29.1 Å². The highest BCUT2D eigenvalue weighted by atomic mass is 16.5. The van der Waals surface area contributed by atoms with Gasteiger partial charge in [0.05, 0.1) is 12.5 Å². The van der Waals surface area contributed by atoms with Gasteiger partial charge in [0, 0.05) is 23.0 Å². The summed E-state index contributed by atoms with van der Waals surface area (Å²) in [5.74, 6) is 3.95. The molecule has 2 saturated carbocycles. The van der Waals surface area contributed by atoms with E-state index < -0.39 is 5.41 Å². The molecule has 0 saturated heterocycles. The van der Waals surface area contributed by atoms with Crippen molar-refractivity contribution in [1.82, 2.24) is 0 Å². The Bertz CT molecular complexity index is 899. The molecule has 4 aliphatic rings. The highest BCUT2D eigenvalue weighted by Gasteiger charge is 2.57. The third kappa shape index (κ3) is 3.24. The average Bonchev–Trinajstić information content (AvgIpc) is 2.72. The smallest absolute Gasteiger partial charge is 0.191 e. The lowest BCUT2D eigenvalue weighted by Gasteiger charge is -2.55. The lowest BCUT2D eigenvalue weighted by Crippen LogP contribution is -2.52. The van der Waals surface area contributed by atoms with Crippen LogP contribution in [0.1, 0.15) is 87.5 Å². The van der Waals surface area contributed by atoms with Gasteiger partial charge >= 0.3 is 0 Å². The minimum atomic E-state index is -0.441. The van der Waals surface area contributed by atoms with Crippen molar-refractivity contribution in [2.24, 2.45) is 40.4 Å². The molecular weight excluding hydrogens is 396 g/mol. The number of rotatable bonds is 2. The molecule has 178 valence electrons. The number of hydrogen-bond acceptors (Lipinski definition) is 3. The predicted molar refractivity (Wildman–Crippen MR) is 130 cm³/mol. The van der Waals surface area contributed by atoms with Crippen LogP contribution in [0.15, 0.2) is 34.8 Å². The number of allylic oxidation sites excluding steroid dienone is 3. The van der Waals surface area contributed by atoms with Gasteiger partial charge in [0.15, 0.2) is 5.78 Å². The van der Waals surface area contributed by atoms with Crippen molar-refractivity contribution in [2.75, 3.05) is 7.11 Å². The fourth-order valence-electron chi connectivity index (χ4n) is 7.85. The number of fused-ring (bicyclic) bond motifs is 2. The van der Waals surface area contributed by atoms with Crippen LogP contribution in [-0.4, -0.2) is 18.5 Å². The van der Waals surface area contributed by atoms with Crippen molar-refractivity contribution in [3.63, 3.8) is 0 Å². The topological polar surface area (TPSA) is 35.5 Å². The molecule has 4 rings (SSSR count). The molecule has 3 aliphatic carbocycles. The van der Waals surface area contributed by atoms with Crippen molar-refractivity contribution in [1.29, 1.82) is 0 Å². The van der Waals surface area contributed by atoms with Gasteiger partial charge < -0.3 is 9.47 Å². The van der Waals surface area contributed by atoms with E-state index in [-0.39, 0.29) is 17.3 Å². The molecule has 3 heteroatoms. The zero-order valence-electron chi connectivity index (χ0n) is 21.9. The zero-order chi connectivity index (χ0) is 23.8. The summed E-state index contributed by atoms with van der Waals surface area (Å²) in [4.78, 5) is 13.7. The Morgan fingerprint density at radius 2 is 1.75 bits per heavy atom. The number of carbonyl (C=O) groups is 1. The largest absolute Gasteiger partial charge is 0.500 e. The normalized spacial score (nSPS) is 38.6. The molecule has 2 unspecified atom stereocenters. The third-order valence-electron chi connectivity index (χ3n) is 9.60. The Labute approximate surface area is 195 Å². The van der Waals surface area contributed by atoms with Gasteiger partial charge in [-0.2, -0.15) is 0 Å². The minimum absolute atomic E-state index is 0.122. The van der Waals surface area contributed by atoms with E-state index in [2.05, 4.69) is 55.0 Å². The minimum Gasteiger partial charge on any atom is -0.500 e. The van der Waals surface area contributed by atoms with Crippen LogP contribution in [-0.2, 0) is 14.3 Å². The Morgan fingerprint density at radius 3 is 2.31 bits per heavy atom. The van der Waals surface area contributed by atoms with Gasteiger partial charge in [-0.25, -0.2) is 0 Å². The monoisotopic (exact) mass is 440 g/mol. The van der Waals surface area contributed by atoms with Crippen molar-refractivity contribution in [2.45, 2.75) is 93.1 Å². The average molecular weight is 441 g/mol. The summed E-state index contributed by atoms with van der Waals surface area (Å²) in [6.07, 6.45) is 5.55. The van der Waals surface area contributed by atoms with Gasteiger partial charge in [-0.1, -0.05) is 39.8 Å². The lowest BCUT2D eigenvalue weighted by atomic mass is 9.52. The number of methoxy groups -OCH3 is 1. The Morgan fingerprint density at radius 1 is 1.09 bits per heavy atom. The van der Waals surface area contributed by atoms with Crippen molar-refractivity contribution in [3.05, 3.63) is 34.8 Å². The van der Waals surface area contributed by atoms with E-state index in [4.69, 9.17) is 9.47 Å². The first kappa shape index (κ1) is 23.6. The molecule has 1 heterocycles. The van der Waals surface area contributed by atoms with E-state index in [1.807, 2.05) is 6.92 Å². The Balaban J connectivity index is 1.82. The summed E-state index contributed by atoms with van der Waals surface area (Å²) >= 11 is 0. The van der Waals surface area contributed by atoms with Crippen LogP contribution in [0, 0.1) is 40.4 Å². The van der Waals surface area contributed by atoms with Crippen LogP contribution in [0.25, 0.3) is 0 Å². The summed E-state index contributed by atoms with van der Waals surface area (Å²) < 4.78 is 12.8. The molecule has 0 radical (unpaired) electrons. The van der Waals surface area contributed by atoms with Crippen LogP contribution >= 0.6 is 0 Å². The number of Topliss-reactive ketones (excluding diaryl/α,β-unsaturated/α-hetero) is 1. The molecule has 0 aromatic rings. The van der Waals surface area contributed by atoms with E-state index in [0.717, 1.165) is 48.3 Å². The second-order valence-electron chi connectivity index (χ2n) is 12.8. The molecule has 32 heavy (non-hydrogen) atoms. The fraction of sp³-hybridized carbons (Fsp3) is 0.759. The number of carbonyl (C=O) groups excluding carboxylic acids is 1. The molecule has 0 aromatic carbocycles. The van der Waals surface area contributed by atoms with Gasteiger partial charge in [-0.15, -0.1) is 0 Å². The maximum Gasteiger partial charge on any atom is 0.191 e. The Kier molecular flexibility index (Phi) is 5.54. The van der Waals surface area contributed by atoms with Crippen LogP contribution in [0.5, 0.6) is 0 Å². The maximum absolute atomic E-state index is 13.7. The molecule has 0 spiro atoms. The molecule has 0 bridgehead atoms. The van der Waals surface area contributed by atoms with Gasteiger partial charge in [-0.3, -0.25) is 4.79 Å². The van der Waals surface area contributed by atoms with Crippen LogP contribution in [0.3, 0.4) is 0 Å². The number of ketones is 1. The van der Waals surface area contributed by atoms with Crippen LogP contribution in [0.2, 0.25) is 0 Å². The third-order valence-corrected chi connectivity index (χ3v) is 9.60. The highest BCUT2D eigenvalue weighted by molar-refractivity contribution is 6.10. The summed E-state index contributed by atoms with van der Waals surface area (Å²) in [5.41, 5.74) is 2.73. The van der Waals surface area contributed by atoms with Gasteiger partial charge in [0.2, 0.25) is 0 Å². The molecule has 0 amide bonds. The first-order valence-electron chi connectivity index (χ1n) is 12.7. The quantitative estimate of drug-likeness (QED) is 0.425. The molecule has 1 aliphatic heterocycles. The SMILES string of the molecule is C=C1CCC2[C@H](C(C)C)C3=C(O[C@@]2(C)CC[C@@H]2C1CC2(C)C)C(C)(C)C(OC)=C(C)C3=O. The van der Waals surface area contributed by atoms with Crippen LogP contribution in [0.4, 0.5) is 0 Å². The molecule has 2 fully saturated rings. The summed E-state index contributed by atoms with van der Waals surface area (Å²) in [6.45, 7) is 22.5. The molecular formula is C29H44O3. The van der Waals surface area contributed by atoms with E-state index in [9.17, 15) is 4.79 Å². The molecule has 0 aromatic heterocycles. The lowest BCUT2D eigenvalue weighted by molar-refractivity contribution is -0.129. The standard InChI is InChI=1S/C29H44O3/c1-16(2)22-21-12-11-17(3)19-15-27(5,6)20(19)13-14-29(21,9)32-26-23(22)24(30)18(4)25(31-10)28(26,7)8/h16,19-22H,3,11-15H2,1-2,4-10H3/t19?,20-,21?,22+,29+/m1/s1. The first-order valence-corrected chi connectivity index (χ1v) is 12.7. The number of hydrogen-bond donors (Lipinski definition) is 0. The predicted octanol–water partition coefficient (Wildman–Crippen LogP) is 7.24. The highest BCUT2D eigenvalue weighted by Crippen LogP contribution is 2.61. The summed E-state index contributed by atoms with van der Waals surface area (Å²) in [6, 6.07) is 0. The Hall–Kier alpha value is -1.51.